The van der Waals surface area contributed by atoms with Gasteiger partial charge < -0.3 is 14.9 Å². The maximum Gasteiger partial charge on any atom is 0.309 e. The van der Waals surface area contributed by atoms with E-state index in [1.807, 2.05) is 0 Å². The lowest BCUT2D eigenvalue weighted by atomic mass is 10.1. The van der Waals surface area contributed by atoms with E-state index in [4.69, 9.17) is 5.11 Å². The minimum absolute atomic E-state index is 0.277. The fourth-order valence-corrected chi connectivity index (χ4v) is 1.16. The van der Waals surface area contributed by atoms with E-state index >= 15 is 0 Å². The number of nitrogens with zero attached hydrogens (tertiary/aromatic N) is 1. The Balaban J connectivity index is 3.24. The van der Waals surface area contributed by atoms with Crippen LogP contribution in [0.15, 0.2) is 6.07 Å². The second kappa shape index (κ2) is 4.73. The van der Waals surface area contributed by atoms with Crippen LogP contribution in [0.25, 0.3) is 0 Å². The molecule has 2 N–H and O–H groups in total. The van der Waals surface area contributed by atoms with E-state index in [0.29, 0.717) is 0 Å². The number of aliphatic carboxylic acids is 1. The van der Waals surface area contributed by atoms with Crippen LogP contribution >= 0.6 is 0 Å². The summed E-state index contributed by atoms with van der Waals surface area (Å²) in [7, 11) is 1.19. The number of carboxylic acids is 1. The lowest BCUT2D eigenvalue weighted by molar-refractivity contribution is -0.136. The number of hydrogen-bond acceptors (Lipinski definition) is 4. The third-order valence-corrected chi connectivity index (χ3v) is 1.83. The predicted octanol–water partition coefficient (Wildman–Crippen LogP) is 1.36. The summed E-state index contributed by atoms with van der Waals surface area (Å²) in [4.78, 5) is 14.0. The second-order valence-electron chi connectivity index (χ2n) is 2.92. The van der Waals surface area contributed by atoms with Gasteiger partial charge >= 0.3 is 5.97 Å². The van der Waals surface area contributed by atoms with Crippen molar-refractivity contribution in [2.75, 3.05) is 7.11 Å². The molecule has 0 amide bonds. The van der Waals surface area contributed by atoms with Crippen LogP contribution in [0.4, 0.5) is 8.78 Å². The van der Waals surface area contributed by atoms with Gasteiger partial charge in [-0.3, -0.25) is 4.79 Å². The van der Waals surface area contributed by atoms with Crippen LogP contribution in [-0.4, -0.2) is 28.3 Å². The molecule has 88 valence electrons. The number of alkyl halides is 2. The topological polar surface area (TPSA) is 79.7 Å². The molecule has 0 aromatic carbocycles. The van der Waals surface area contributed by atoms with E-state index in [9.17, 15) is 18.7 Å². The molecule has 0 aliphatic heterocycles. The normalized spacial score (nSPS) is 10.5. The molecular weight excluding hydrogens is 224 g/mol. The second-order valence-corrected chi connectivity index (χ2v) is 2.92. The van der Waals surface area contributed by atoms with Gasteiger partial charge in [0.15, 0.2) is 5.75 Å². The lowest BCUT2D eigenvalue weighted by Crippen LogP contribution is -2.07. The van der Waals surface area contributed by atoms with Crippen molar-refractivity contribution in [3.05, 3.63) is 17.3 Å². The summed E-state index contributed by atoms with van der Waals surface area (Å²) >= 11 is 0. The first-order chi connectivity index (χ1) is 7.45. The fourth-order valence-electron chi connectivity index (χ4n) is 1.16. The third kappa shape index (κ3) is 2.56. The number of methoxy groups -OCH3 is 1. The van der Waals surface area contributed by atoms with Crippen molar-refractivity contribution in [2.24, 2.45) is 0 Å². The number of halogens is 2. The molecule has 0 fully saturated rings. The highest BCUT2D eigenvalue weighted by Crippen LogP contribution is 2.31. The van der Waals surface area contributed by atoms with E-state index in [1.165, 1.54) is 7.11 Å². The summed E-state index contributed by atoms with van der Waals surface area (Å²) in [5.41, 5.74) is -0.933. The highest BCUT2D eigenvalue weighted by atomic mass is 19.3. The maximum atomic E-state index is 12.5. The number of aromatic hydroxyl groups is 1. The van der Waals surface area contributed by atoms with Gasteiger partial charge in [0, 0.05) is 5.56 Å². The molecule has 0 aliphatic carbocycles. The van der Waals surface area contributed by atoms with Crippen LogP contribution in [0.1, 0.15) is 17.7 Å². The number of pyridine rings is 1. The molecule has 0 radical (unpaired) electrons. The van der Waals surface area contributed by atoms with Crippen LogP contribution in [0, 0.1) is 0 Å². The van der Waals surface area contributed by atoms with Gasteiger partial charge in [-0.2, -0.15) is 0 Å². The minimum atomic E-state index is -2.90. The maximum absolute atomic E-state index is 12.5. The van der Waals surface area contributed by atoms with Crippen molar-refractivity contribution >= 4 is 5.97 Å². The highest BCUT2D eigenvalue weighted by molar-refractivity contribution is 5.70. The summed E-state index contributed by atoms with van der Waals surface area (Å²) in [6.45, 7) is 0. The van der Waals surface area contributed by atoms with Gasteiger partial charge in [-0.05, 0) is 6.07 Å². The summed E-state index contributed by atoms with van der Waals surface area (Å²) in [5.74, 6) is -2.12. The first kappa shape index (κ1) is 12.2. The van der Waals surface area contributed by atoms with Crippen LogP contribution in [-0.2, 0) is 11.2 Å². The molecule has 1 aromatic heterocycles. The molecule has 0 saturated heterocycles. The Kier molecular flexibility index (Phi) is 3.60. The van der Waals surface area contributed by atoms with E-state index in [0.717, 1.165) is 6.07 Å². The van der Waals surface area contributed by atoms with Crippen molar-refractivity contribution < 1.29 is 28.5 Å². The lowest BCUT2D eigenvalue weighted by Gasteiger charge is -2.09. The van der Waals surface area contributed by atoms with Gasteiger partial charge in [0.2, 0.25) is 0 Å². The summed E-state index contributed by atoms with van der Waals surface area (Å²) in [6.07, 6.45) is -3.56. The van der Waals surface area contributed by atoms with Crippen LogP contribution in [0.5, 0.6) is 11.6 Å². The molecule has 7 heteroatoms. The first-order valence-electron chi connectivity index (χ1n) is 4.22. The van der Waals surface area contributed by atoms with Crippen LogP contribution < -0.4 is 4.74 Å². The van der Waals surface area contributed by atoms with Gasteiger partial charge in [0.1, 0.15) is 0 Å². The van der Waals surface area contributed by atoms with Crippen molar-refractivity contribution in [1.29, 1.82) is 0 Å². The third-order valence-electron chi connectivity index (χ3n) is 1.83. The standard InChI is InChI=1S/C9H9F2NO4/c1-16-9-6(13)2-4(8(10)11)5(12-9)3-7(14)15/h2,8,13H,3H2,1H3,(H,14,15). The molecule has 5 nitrogen and oxygen atoms in total. The van der Waals surface area contributed by atoms with Crippen LogP contribution in [0.3, 0.4) is 0 Å². The number of ether oxygens (including phenoxy) is 1. The average molecular weight is 233 g/mol. The molecule has 1 heterocycles. The Morgan fingerprint density at radius 1 is 1.62 bits per heavy atom. The quantitative estimate of drug-likeness (QED) is 0.820. The number of aromatic nitrogens is 1. The first-order valence-corrected chi connectivity index (χ1v) is 4.22. The molecule has 1 aromatic rings. The zero-order chi connectivity index (χ0) is 12.3. The van der Waals surface area contributed by atoms with Crippen molar-refractivity contribution in [3.63, 3.8) is 0 Å². The van der Waals surface area contributed by atoms with Gasteiger partial charge in [0.25, 0.3) is 12.3 Å². The summed E-state index contributed by atoms with van der Waals surface area (Å²) in [5, 5.41) is 17.7. The van der Waals surface area contributed by atoms with E-state index in [-0.39, 0.29) is 11.6 Å². The predicted molar refractivity (Wildman–Crippen MR) is 48.8 cm³/mol. The Hall–Kier alpha value is -1.92. The van der Waals surface area contributed by atoms with Gasteiger partial charge in [-0.25, -0.2) is 13.8 Å². The van der Waals surface area contributed by atoms with Crippen molar-refractivity contribution in [2.45, 2.75) is 12.8 Å². The summed E-state index contributed by atoms with van der Waals surface area (Å²) in [6, 6.07) is 0.759. The Labute approximate surface area is 89.3 Å². The van der Waals surface area contributed by atoms with Gasteiger partial charge in [-0.1, -0.05) is 0 Å². The monoisotopic (exact) mass is 233 g/mol. The van der Waals surface area contributed by atoms with Crippen LogP contribution in [0.2, 0.25) is 0 Å². The number of hydrogen-bond donors (Lipinski definition) is 2. The average Bonchev–Trinajstić information content (AvgIpc) is 2.19. The number of carboxylic acid groups (broad SMARTS) is 1. The SMILES string of the molecule is COc1nc(CC(=O)O)c(C(F)F)cc1O. The molecule has 0 atom stereocenters. The molecule has 0 unspecified atom stereocenters. The molecule has 0 spiro atoms. The zero-order valence-electron chi connectivity index (χ0n) is 8.28. The number of carbonyl (C=O) groups is 1. The molecule has 0 bridgehead atoms. The van der Waals surface area contributed by atoms with Crippen molar-refractivity contribution in [1.82, 2.24) is 4.98 Å². The molecule has 0 aliphatic rings. The molecule has 1 rings (SSSR count). The van der Waals surface area contributed by atoms with E-state index in [1.54, 1.807) is 0 Å². The van der Waals surface area contributed by atoms with E-state index in [2.05, 4.69) is 9.72 Å². The molecular formula is C9H9F2NO4. The Morgan fingerprint density at radius 2 is 2.25 bits per heavy atom. The molecule has 0 saturated carbocycles. The van der Waals surface area contributed by atoms with Gasteiger partial charge in [0.05, 0.1) is 19.2 Å². The van der Waals surface area contributed by atoms with E-state index < -0.39 is 30.1 Å². The summed E-state index contributed by atoms with van der Waals surface area (Å²) < 4.78 is 29.6. The Bertz CT molecular complexity index is 409. The largest absolute Gasteiger partial charge is 0.503 e. The zero-order valence-corrected chi connectivity index (χ0v) is 8.28. The van der Waals surface area contributed by atoms with Gasteiger partial charge in [-0.15, -0.1) is 0 Å². The fraction of sp³-hybridized carbons (Fsp3) is 0.333. The molecule has 16 heavy (non-hydrogen) atoms. The highest BCUT2D eigenvalue weighted by Gasteiger charge is 2.20. The minimum Gasteiger partial charge on any atom is -0.503 e. The smallest absolute Gasteiger partial charge is 0.309 e. The number of rotatable bonds is 4. The Morgan fingerprint density at radius 3 is 2.69 bits per heavy atom. The van der Waals surface area contributed by atoms with Crippen molar-refractivity contribution in [3.8, 4) is 11.6 Å².